The van der Waals surface area contributed by atoms with Gasteiger partial charge in [-0.05, 0) is 24.1 Å². The Labute approximate surface area is 127 Å². The molecule has 1 aromatic rings. The van der Waals surface area contributed by atoms with Crippen molar-refractivity contribution in [2.24, 2.45) is 5.41 Å². The van der Waals surface area contributed by atoms with Gasteiger partial charge in [-0.15, -0.1) is 0 Å². The van der Waals surface area contributed by atoms with Crippen LogP contribution in [-0.2, 0) is 11.3 Å². The first-order valence-corrected chi connectivity index (χ1v) is 7.33. The molecular weight excluding hydrogens is 264 g/mol. The normalized spacial score (nSPS) is 25.5. The summed E-state index contributed by atoms with van der Waals surface area (Å²) in [7, 11) is 1.64. The molecule has 0 aromatic heterocycles. The quantitative estimate of drug-likeness (QED) is 0.922. The zero-order valence-corrected chi connectivity index (χ0v) is 13.1. The van der Waals surface area contributed by atoms with Gasteiger partial charge in [-0.2, -0.15) is 5.26 Å². The predicted molar refractivity (Wildman–Crippen MR) is 81.7 cm³/mol. The van der Waals surface area contributed by atoms with Crippen LogP contribution in [0.4, 0.5) is 0 Å². The van der Waals surface area contributed by atoms with E-state index in [1.807, 2.05) is 24.3 Å². The summed E-state index contributed by atoms with van der Waals surface area (Å²) in [5.74, 6) is 0. The van der Waals surface area contributed by atoms with Crippen molar-refractivity contribution in [3.63, 3.8) is 0 Å². The van der Waals surface area contributed by atoms with E-state index in [1.54, 1.807) is 7.11 Å². The van der Waals surface area contributed by atoms with Gasteiger partial charge in [-0.3, -0.25) is 4.90 Å². The largest absolute Gasteiger partial charge is 0.387 e. The Balaban J connectivity index is 2.02. The van der Waals surface area contributed by atoms with Crippen molar-refractivity contribution >= 4 is 0 Å². The fourth-order valence-corrected chi connectivity index (χ4v) is 3.05. The molecule has 1 aliphatic heterocycles. The van der Waals surface area contributed by atoms with E-state index >= 15 is 0 Å². The molecule has 4 heteroatoms. The summed E-state index contributed by atoms with van der Waals surface area (Å²) in [5, 5.41) is 19.6. The summed E-state index contributed by atoms with van der Waals surface area (Å²) in [6.07, 6.45) is 0.712. The van der Waals surface area contributed by atoms with Crippen molar-refractivity contribution in [1.82, 2.24) is 4.90 Å². The molecule has 2 rings (SSSR count). The fourth-order valence-electron chi connectivity index (χ4n) is 3.05. The van der Waals surface area contributed by atoms with Crippen molar-refractivity contribution in [2.45, 2.75) is 32.4 Å². The van der Waals surface area contributed by atoms with E-state index in [4.69, 9.17) is 10.00 Å². The van der Waals surface area contributed by atoms with Crippen LogP contribution in [0.25, 0.3) is 0 Å². The fraction of sp³-hybridized carbons (Fsp3) is 0.588. The monoisotopic (exact) mass is 288 g/mol. The van der Waals surface area contributed by atoms with E-state index in [-0.39, 0.29) is 5.41 Å². The second-order valence-electron chi connectivity index (χ2n) is 6.62. The molecule has 0 spiro atoms. The zero-order chi connectivity index (χ0) is 15.5. The maximum Gasteiger partial charge on any atom is 0.0991 e. The van der Waals surface area contributed by atoms with E-state index < -0.39 is 5.60 Å². The van der Waals surface area contributed by atoms with Crippen LogP contribution in [0.3, 0.4) is 0 Å². The van der Waals surface area contributed by atoms with Gasteiger partial charge in [0.2, 0.25) is 0 Å². The third-order valence-corrected chi connectivity index (χ3v) is 4.59. The summed E-state index contributed by atoms with van der Waals surface area (Å²) in [5.41, 5.74) is 0.908. The molecule has 21 heavy (non-hydrogen) atoms. The lowest BCUT2D eigenvalue weighted by Crippen LogP contribution is -2.59. The molecule has 0 aliphatic carbocycles. The highest BCUT2D eigenvalue weighted by atomic mass is 16.5. The molecule has 0 unspecified atom stereocenters. The van der Waals surface area contributed by atoms with Crippen molar-refractivity contribution in [1.29, 1.82) is 5.26 Å². The molecule has 1 fully saturated rings. The molecule has 1 saturated heterocycles. The van der Waals surface area contributed by atoms with Crippen LogP contribution >= 0.6 is 0 Å². The standard InChI is InChI=1S/C17H24N2O2/c1-16(2)12-19(9-8-17(16,20)13-21-3)11-15-6-4-14(10-18)5-7-15/h4-7,20H,8-9,11-13H2,1-3H3/t17-/m1/s1. The van der Waals surface area contributed by atoms with Crippen LogP contribution < -0.4 is 0 Å². The van der Waals surface area contributed by atoms with Gasteiger partial charge in [-0.1, -0.05) is 26.0 Å². The van der Waals surface area contributed by atoms with Gasteiger partial charge < -0.3 is 9.84 Å². The highest BCUT2D eigenvalue weighted by Crippen LogP contribution is 2.39. The number of ether oxygens (including phenoxy) is 1. The van der Waals surface area contributed by atoms with E-state index in [2.05, 4.69) is 24.8 Å². The summed E-state index contributed by atoms with van der Waals surface area (Å²) in [6.45, 7) is 7.09. The van der Waals surface area contributed by atoms with Crippen molar-refractivity contribution in [2.75, 3.05) is 26.8 Å². The number of benzene rings is 1. The Morgan fingerprint density at radius 3 is 2.52 bits per heavy atom. The van der Waals surface area contributed by atoms with Crippen LogP contribution in [0.15, 0.2) is 24.3 Å². The topological polar surface area (TPSA) is 56.5 Å². The van der Waals surface area contributed by atoms with Crippen molar-refractivity contribution in [3.05, 3.63) is 35.4 Å². The number of aliphatic hydroxyl groups is 1. The van der Waals surface area contributed by atoms with Gasteiger partial charge in [0.25, 0.3) is 0 Å². The predicted octanol–water partition coefficient (Wildman–Crippen LogP) is 2.17. The lowest BCUT2D eigenvalue weighted by atomic mass is 9.70. The Morgan fingerprint density at radius 1 is 1.33 bits per heavy atom. The van der Waals surface area contributed by atoms with Crippen LogP contribution in [-0.4, -0.2) is 42.4 Å². The molecule has 0 radical (unpaired) electrons. The second-order valence-corrected chi connectivity index (χ2v) is 6.62. The molecule has 1 aromatic carbocycles. The van der Waals surface area contributed by atoms with Gasteiger partial charge in [0.15, 0.2) is 0 Å². The smallest absolute Gasteiger partial charge is 0.0991 e. The van der Waals surface area contributed by atoms with E-state index in [9.17, 15) is 5.11 Å². The SMILES string of the molecule is COC[C@]1(O)CCN(Cc2ccc(C#N)cc2)CC1(C)C. The minimum absolute atomic E-state index is 0.214. The molecule has 0 amide bonds. The van der Waals surface area contributed by atoms with Gasteiger partial charge in [-0.25, -0.2) is 0 Å². The number of hydrogen-bond acceptors (Lipinski definition) is 4. The molecule has 0 bridgehead atoms. The van der Waals surface area contributed by atoms with Gasteiger partial charge >= 0.3 is 0 Å². The third kappa shape index (κ3) is 3.44. The third-order valence-electron chi connectivity index (χ3n) is 4.59. The van der Waals surface area contributed by atoms with E-state index in [0.29, 0.717) is 18.6 Å². The summed E-state index contributed by atoms with van der Waals surface area (Å²) < 4.78 is 5.20. The summed E-state index contributed by atoms with van der Waals surface area (Å²) >= 11 is 0. The number of likely N-dealkylation sites (tertiary alicyclic amines) is 1. The van der Waals surface area contributed by atoms with Crippen LogP contribution in [0.1, 0.15) is 31.4 Å². The van der Waals surface area contributed by atoms with Gasteiger partial charge in [0, 0.05) is 32.2 Å². The van der Waals surface area contributed by atoms with E-state index in [0.717, 1.165) is 19.6 Å². The number of piperidine rings is 1. The maximum absolute atomic E-state index is 10.8. The number of hydrogen-bond donors (Lipinski definition) is 1. The molecule has 1 N–H and O–H groups in total. The highest BCUT2D eigenvalue weighted by molar-refractivity contribution is 5.31. The Morgan fingerprint density at radius 2 is 2.00 bits per heavy atom. The first-order valence-electron chi connectivity index (χ1n) is 7.33. The van der Waals surface area contributed by atoms with Crippen LogP contribution in [0, 0.1) is 16.7 Å². The van der Waals surface area contributed by atoms with Crippen LogP contribution in [0.2, 0.25) is 0 Å². The second kappa shape index (κ2) is 6.15. The average molecular weight is 288 g/mol. The first kappa shape index (κ1) is 16.0. The Hall–Kier alpha value is -1.41. The summed E-state index contributed by atoms with van der Waals surface area (Å²) in [4.78, 5) is 2.35. The average Bonchev–Trinajstić information content (AvgIpc) is 2.44. The molecular formula is C17H24N2O2. The zero-order valence-electron chi connectivity index (χ0n) is 13.1. The number of nitriles is 1. The first-order chi connectivity index (χ1) is 9.90. The minimum atomic E-state index is -0.761. The van der Waals surface area contributed by atoms with E-state index in [1.165, 1.54) is 5.56 Å². The molecule has 1 heterocycles. The molecule has 0 saturated carbocycles. The lowest BCUT2D eigenvalue weighted by Gasteiger charge is -2.50. The summed E-state index contributed by atoms with van der Waals surface area (Å²) in [6, 6.07) is 9.84. The highest BCUT2D eigenvalue weighted by Gasteiger charge is 2.47. The minimum Gasteiger partial charge on any atom is -0.387 e. The molecule has 1 aliphatic rings. The number of rotatable bonds is 4. The molecule has 4 nitrogen and oxygen atoms in total. The Kier molecular flexibility index (Phi) is 4.67. The molecule has 114 valence electrons. The Bertz CT molecular complexity index is 519. The van der Waals surface area contributed by atoms with Gasteiger partial charge in [0.1, 0.15) is 0 Å². The van der Waals surface area contributed by atoms with Crippen LogP contribution in [0.5, 0.6) is 0 Å². The number of methoxy groups -OCH3 is 1. The molecule has 1 atom stereocenters. The lowest BCUT2D eigenvalue weighted by molar-refractivity contribution is -0.151. The maximum atomic E-state index is 10.8. The van der Waals surface area contributed by atoms with Crippen molar-refractivity contribution in [3.8, 4) is 6.07 Å². The van der Waals surface area contributed by atoms with Gasteiger partial charge in [0.05, 0.1) is 23.8 Å². The van der Waals surface area contributed by atoms with Crippen molar-refractivity contribution < 1.29 is 9.84 Å². The number of nitrogens with zero attached hydrogens (tertiary/aromatic N) is 2.